The van der Waals surface area contributed by atoms with Gasteiger partial charge in [0.2, 0.25) is 0 Å². The number of amides is 1. The van der Waals surface area contributed by atoms with Crippen molar-refractivity contribution in [1.29, 1.82) is 0 Å². The Morgan fingerprint density at radius 2 is 1.77 bits per heavy atom. The Morgan fingerprint density at radius 1 is 0.933 bits per heavy atom. The van der Waals surface area contributed by atoms with Crippen LogP contribution in [-0.4, -0.2) is 36.9 Å². The number of hydrogen-bond donors (Lipinski definition) is 1. The van der Waals surface area contributed by atoms with E-state index in [0.717, 1.165) is 16.5 Å². The Bertz CT molecular complexity index is 1220. The van der Waals surface area contributed by atoms with Crippen LogP contribution in [0.2, 0.25) is 0 Å². The lowest BCUT2D eigenvalue weighted by atomic mass is 10.1. The zero-order chi connectivity index (χ0) is 21.1. The first-order valence-electron chi connectivity index (χ1n) is 9.28. The third kappa shape index (κ3) is 3.53. The van der Waals surface area contributed by atoms with Crippen LogP contribution in [0.1, 0.15) is 0 Å². The van der Waals surface area contributed by atoms with E-state index in [4.69, 9.17) is 14.2 Å². The molecule has 0 saturated heterocycles. The minimum absolute atomic E-state index is 0.321. The summed E-state index contributed by atoms with van der Waals surface area (Å²) < 4.78 is 17.5. The van der Waals surface area contributed by atoms with Crippen molar-refractivity contribution >= 4 is 22.8 Å². The van der Waals surface area contributed by atoms with E-state index in [-0.39, 0.29) is 6.03 Å². The summed E-state index contributed by atoms with van der Waals surface area (Å²) >= 11 is 0. The largest absolute Gasteiger partial charge is 0.497 e. The molecule has 0 radical (unpaired) electrons. The lowest BCUT2D eigenvalue weighted by molar-refractivity contribution is 0.254. The second-order valence-corrected chi connectivity index (χ2v) is 6.52. The fourth-order valence-electron chi connectivity index (χ4n) is 3.33. The number of aromatic nitrogens is 2. The van der Waals surface area contributed by atoms with Gasteiger partial charge in [-0.25, -0.2) is 9.78 Å². The van der Waals surface area contributed by atoms with Gasteiger partial charge in [-0.05, 0) is 42.0 Å². The predicted molar refractivity (Wildman–Crippen MR) is 116 cm³/mol. The van der Waals surface area contributed by atoms with E-state index in [1.165, 1.54) is 4.57 Å². The number of ether oxygens (including phenoxy) is 3. The molecule has 0 aliphatic heterocycles. The SMILES string of the molecule is COc1cccc(NC(=O)n2cc(-c3ccc(OC)c(OC)c3)c3cccnc32)c1. The Balaban J connectivity index is 1.76. The first-order valence-corrected chi connectivity index (χ1v) is 9.28. The molecular weight excluding hydrogens is 382 g/mol. The molecule has 0 unspecified atom stereocenters. The van der Waals surface area contributed by atoms with E-state index in [1.807, 2.05) is 42.5 Å². The van der Waals surface area contributed by atoms with Gasteiger partial charge >= 0.3 is 6.03 Å². The van der Waals surface area contributed by atoms with Gasteiger partial charge in [0, 0.05) is 35.1 Å². The number of rotatable bonds is 5. The first-order chi connectivity index (χ1) is 14.6. The molecule has 0 fully saturated rings. The quantitative estimate of drug-likeness (QED) is 0.518. The van der Waals surface area contributed by atoms with Crippen LogP contribution in [0.25, 0.3) is 22.2 Å². The van der Waals surface area contributed by atoms with E-state index in [9.17, 15) is 4.79 Å². The number of carbonyl (C=O) groups excluding carboxylic acids is 1. The zero-order valence-corrected chi connectivity index (χ0v) is 16.9. The number of hydrogen-bond acceptors (Lipinski definition) is 5. The van der Waals surface area contributed by atoms with Gasteiger partial charge in [-0.1, -0.05) is 12.1 Å². The Labute approximate surface area is 173 Å². The number of nitrogens with zero attached hydrogens (tertiary/aromatic N) is 2. The first kappa shape index (κ1) is 19.3. The maximum atomic E-state index is 13.0. The topological polar surface area (TPSA) is 74.6 Å². The molecule has 1 amide bonds. The molecule has 4 rings (SSSR count). The van der Waals surface area contributed by atoms with Gasteiger partial charge in [0.1, 0.15) is 11.4 Å². The maximum Gasteiger partial charge on any atom is 0.331 e. The highest BCUT2D eigenvalue weighted by Gasteiger charge is 2.17. The van der Waals surface area contributed by atoms with Crippen LogP contribution in [0, 0.1) is 0 Å². The third-order valence-electron chi connectivity index (χ3n) is 4.80. The summed E-state index contributed by atoms with van der Waals surface area (Å²) in [6, 6.07) is 16.3. The normalized spacial score (nSPS) is 10.6. The van der Waals surface area contributed by atoms with Crippen LogP contribution in [-0.2, 0) is 0 Å². The van der Waals surface area contributed by atoms with E-state index in [0.29, 0.717) is 28.6 Å². The summed E-state index contributed by atoms with van der Waals surface area (Å²) in [6.07, 6.45) is 3.43. The summed E-state index contributed by atoms with van der Waals surface area (Å²) in [7, 11) is 4.77. The fraction of sp³-hybridized carbons (Fsp3) is 0.130. The smallest absolute Gasteiger partial charge is 0.331 e. The van der Waals surface area contributed by atoms with Crippen molar-refractivity contribution in [3.8, 4) is 28.4 Å². The predicted octanol–water partition coefficient (Wildman–Crippen LogP) is 4.81. The van der Waals surface area contributed by atoms with Gasteiger partial charge in [0.05, 0.1) is 21.3 Å². The Morgan fingerprint density at radius 3 is 2.53 bits per heavy atom. The molecule has 7 heteroatoms. The highest BCUT2D eigenvalue weighted by atomic mass is 16.5. The maximum absolute atomic E-state index is 13.0. The van der Waals surface area contributed by atoms with Crippen molar-refractivity contribution in [1.82, 2.24) is 9.55 Å². The average molecular weight is 403 g/mol. The molecule has 0 atom stereocenters. The molecule has 30 heavy (non-hydrogen) atoms. The number of benzene rings is 2. The molecule has 1 N–H and O–H groups in total. The number of methoxy groups -OCH3 is 3. The minimum Gasteiger partial charge on any atom is -0.497 e. The monoisotopic (exact) mass is 403 g/mol. The lowest BCUT2D eigenvalue weighted by Gasteiger charge is -2.09. The average Bonchev–Trinajstić information content (AvgIpc) is 3.18. The summed E-state index contributed by atoms with van der Waals surface area (Å²) in [5, 5.41) is 3.74. The molecule has 152 valence electrons. The van der Waals surface area contributed by atoms with Crippen molar-refractivity contribution in [2.45, 2.75) is 0 Å². The summed E-state index contributed by atoms with van der Waals surface area (Å²) in [6.45, 7) is 0. The molecule has 2 heterocycles. The molecule has 7 nitrogen and oxygen atoms in total. The van der Waals surface area contributed by atoms with Gasteiger partial charge in [-0.3, -0.25) is 4.57 Å². The van der Waals surface area contributed by atoms with Crippen LogP contribution < -0.4 is 19.5 Å². The summed E-state index contributed by atoms with van der Waals surface area (Å²) in [5.74, 6) is 1.91. The van der Waals surface area contributed by atoms with Crippen LogP contribution in [0.3, 0.4) is 0 Å². The van der Waals surface area contributed by atoms with Crippen LogP contribution in [0.5, 0.6) is 17.2 Å². The van der Waals surface area contributed by atoms with Crippen LogP contribution in [0.15, 0.2) is 67.0 Å². The second-order valence-electron chi connectivity index (χ2n) is 6.52. The van der Waals surface area contributed by atoms with E-state index in [2.05, 4.69) is 10.3 Å². The van der Waals surface area contributed by atoms with Gasteiger partial charge < -0.3 is 19.5 Å². The zero-order valence-electron chi connectivity index (χ0n) is 16.9. The number of pyridine rings is 1. The van der Waals surface area contributed by atoms with Crippen molar-refractivity contribution in [3.63, 3.8) is 0 Å². The standard InChI is InChI=1S/C23H21N3O4/c1-28-17-7-4-6-16(13-17)25-23(27)26-14-19(18-8-5-11-24-22(18)26)15-9-10-20(29-2)21(12-15)30-3/h4-14H,1-3H3,(H,25,27). The minimum atomic E-state index is -0.321. The Kier molecular flexibility index (Phi) is 5.26. The number of nitrogens with one attached hydrogen (secondary N) is 1. The van der Waals surface area contributed by atoms with Gasteiger partial charge in [0.25, 0.3) is 0 Å². The third-order valence-corrected chi connectivity index (χ3v) is 4.80. The molecule has 0 aliphatic carbocycles. The van der Waals surface area contributed by atoms with E-state index >= 15 is 0 Å². The van der Waals surface area contributed by atoms with Crippen molar-refractivity contribution in [3.05, 3.63) is 67.0 Å². The van der Waals surface area contributed by atoms with Crippen molar-refractivity contribution < 1.29 is 19.0 Å². The van der Waals surface area contributed by atoms with Gasteiger partial charge in [-0.2, -0.15) is 0 Å². The molecule has 0 saturated carbocycles. The fourth-order valence-corrected chi connectivity index (χ4v) is 3.33. The number of anilines is 1. The number of carbonyl (C=O) groups is 1. The highest BCUT2D eigenvalue weighted by Crippen LogP contribution is 2.36. The van der Waals surface area contributed by atoms with Gasteiger partial charge in [-0.15, -0.1) is 0 Å². The molecule has 2 aromatic heterocycles. The highest BCUT2D eigenvalue weighted by molar-refractivity contribution is 6.03. The van der Waals surface area contributed by atoms with E-state index < -0.39 is 0 Å². The summed E-state index contributed by atoms with van der Waals surface area (Å²) in [4.78, 5) is 17.4. The molecule has 0 spiro atoms. The summed E-state index contributed by atoms with van der Waals surface area (Å²) in [5.41, 5.74) is 2.94. The molecule has 2 aromatic carbocycles. The molecular formula is C23H21N3O4. The molecule has 0 bridgehead atoms. The lowest BCUT2D eigenvalue weighted by Crippen LogP contribution is -2.18. The van der Waals surface area contributed by atoms with Crippen molar-refractivity contribution in [2.24, 2.45) is 0 Å². The van der Waals surface area contributed by atoms with E-state index in [1.54, 1.807) is 45.9 Å². The van der Waals surface area contributed by atoms with Crippen LogP contribution >= 0.6 is 0 Å². The number of fused-ring (bicyclic) bond motifs is 1. The molecule has 0 aliphatic rings. The van der Waals surface area contributed by atoms with Gasteiger partial charge in [0.15, 0.2) is 11.5 Å². The molecule has 4 aromatic rings. The van der Waals surface area contributed by atoms with Crippen molar-refractivity contribution in [2.75, 3.05) is 26.6 Å². The Hall–Kier alpha value is -4.00. The second kappa shape index (κ2) is 8.16. The van der Waals surface area contributed by atoms with Crippen LogP contribution in [0.4, 0.5) is 10.5 Å².